The SMILES string of the molecule is CCCNC(=O)CN1CCC(NC(=NCC)NC2CC2CCC)CC1.I. The molecule has 0 radical (unpaired) electrons. The highest BCUT2D eigenvalue weighted by Gasteiger charge is 2.37. The van der Waals surface area contributed by atoms with Gasteiger partial charge in [0.1, 0.15) is 0 Å². The summed E-state index contributed by atoms with van der Waals surface area (Å²) in [5.74, 6) is 1.96. The molecule has 1 aliphatic carbocycles. The third-order valence-electron chi connectivity index (χ3n) is 5.09. The predicted molar refractivity (Wildman–Crippen MR) is 119 cm³/mol. The molecule has 0 aromatic rings. The van der Waals surface area contributed by atoms with Gasteiger partial charge in [0.15, 0.2) is 5.96 Å². The molecule has 0 aromatic carbocycles. The Labute approximate surface area is 176 Å². The first kappa shape index (κ1) is 23.5. The van der Waals surface area contributed by atoms with Gasteiger partial charge in [-0.1, -0.05) is 20.3 Å². The molecule has 2 aliphatic rings. The van der Waals surface area contributed by atoms with Gasteiger partial charge in [-0.25, -0.2) is 0 Å². The Morgan fingerprint density at radius 3 is 2.46 bits per heavy atom. The Bertz CT molecular complexity index is 438. The molecular weight excluding hydrogens is 441 g/mol. The summed E-state index contributed by atoms with van der Waals surface area (Å²) >= 11 is 0. The van der Waals surface area contributed by atoms with E-state index in [1.54, 1.807) is 0 Å². The van der Waals surface area contributed by atoms with Gasteiger partial charge in [0.25, 0.3) is 0 Å². The van der Waals surface area contributed by atoms with E-state index in [0.717, 1.165) is 57.3 Å². The van der Waals surface area contributed by atoms with E-state index in [0.29, 0.717) is 18.6 Å². The maximum Gasteiger partial charge on any atom is 0.234 e. The molecule has 3 N–H and O–H groups in total. The minimum absolute atomic E-state index is 0. The topological polar surface area (TPSA) is 68.8 Å². The van der Waals surface area contributed by atoms with Gasteiger partial charge >= 0.3 is 0 Å². The molecule has 0 bridgehead atoms. The van der Waals surface area contributed by atoms with Gasteiger partial charge in [0, 0.05) is 38.3 Å². The number of hydrogen-bond acceptors (Lipinski definition) is 3. The average molecular weight is 479 g/mol. The third kappa shape index (κ3) is 8.41. The Kier molecular flexibility index (Phi) is 11.5. The van der Waals surface area contributed by atoms with Gasteiger partial charge in [0.2, 0.25) is 5.91 Å². The van der Waals surface area contributed by atoms with Crippen LogP contribution < -0.4 is 16.0 Å². The molecule has 0 spiro atoms. The molecule has 1 amide bonds. The van der Waals surface area contributed by atoms with Gasteiger partial charge < -0.3 is 16.0 Å². The van der Waals surface area contributed by atoms with Crippen molar-refractivity contribution in [2.75, 3.05) is 32.7 Å². The lowest BCUT2D eigenvalue weighted by Crippen LogP contribution is -2.50. The van der Waals surface area contributed by atoms with Crippen molar-refractivity contribution < 1.29 is 4.79 Å². The van der Waals surface area contributed by atoms with Crippen LogP contribution in [0.4, 0.5) is 0 Å². The van der Waals surface area contributed by atoms with Crippen molar-refractivity contribution in [3.63, 3.8) is 0 Å². The maximum atomic E-state index is 11.8. The van der Waals surface area contributed by atoms with Crippen molar-refractivity contribution in [2.24, 2.45) is 10.9 Å². The fraction of sp³-hybridized carbons (Fsp3) is 0.895. The first-order valence-corrected chi connectivity index (χ1v) is 10.2. The van der Waals surface area contributed by atoms with Crippen molar-refractivity contribution in [3.8, 4) is 0 Å². The Morgan fingerprint density at radius 1 is 1.12 bits per heavy atom. The minimum Gasteiger partial charge on any atom is -0.355 e. The zero-order valence-electron chi connectivity index (χ0n) is 16.7. The second-order valence-corrected chi connectivity index (χ2v) is 7.40. The number of rotatable bonds is 9. The minimum atomic E-state index is 0. The summed E-state index contributed by atoms with van der Waals surface area (Å²) in [6.07, 6.45) is 6.98. The van der Waals surface area contributed by atoms with Crippen LogP contribution in [0.2, 0.25) is 0 Å². The molecule has 1 aliphatic heterocycles. The van der Waals surface area contributed by atoms with E-state index in [1.807, 2.05) is 0 Å². The molecule has 26 heavy (non-hydrogen) atoms. The van der Waals surface area contributed by atoms with Crippen molar-refractivity contribution in [2.45, 2.75) is 71.4 Å². The number of likely N-dealkylation sites (tertiary alicyclic amines) is 1. The van der Waals surface area contributed by atoms with E-state index < -0.39 is 0 Å². The standard InChI is InChI=1S/C19H37N5O.HI/c1-4-7-15-13-17(15)23-19(20-6-3)22-16-8-11-24(12-9-16)14-18(25)21-10-5-2;/h15-17H,4-14H2,1-3H3,(H,21,25)(H2,20,22,23);1H. The molecule has 152 valence electrons. The van der Waals surface area contributed by atoms with E-state index in [1.165, 1.54) is 19.3 Å². The largest absolute Gasteiger partial charge is 0.355 e. The molecule has 0 aromatic heterocycles. The van der Waals surface area contributed by atoms with Crippen molar-refractivity contribution in [3.05, 3.63) is 0 Å². The second-order valence-electron chi connectivity index (χ2n) is 7.40. The number of carbonyl (C=O) groups excluding carboxylic acids is 1. The summed E-state index contributed by atoms with van der Waals surface area (Å²) in [5.41, 5.74) is 0. The van der Waals surface area contributed by atoms with Crippen LogP contribution in [0.15, 0.2) is 4.99 Å². The molecule has 6 nitrogen and oxygen atoms in total. The summed E-state index contributed by atoms with van der Waals surface area (Å²) in [6.45, 7) is 10.5. The number of aliphatic imine (C=N–C) groups is 1. The average Bonchev–Trinajstić information content (AvgIpc) is 3.33. The number of carbonyl (C=O) groups is 1. The lowest BCUT2D eigenvalue weighted by Gasteiger charge is -2.32. The molecule has 2 unspecified atom stereocenters. The summed E-state index contributed by atoms with van der Waals surface area (Å²) < 4.78 is 0. The zero-order valence-corrected chi connectivity index (χ0v) is 19.1. The van der Waals surface area contributed by atoms with Crippen LogP contribution in [0, 0.1) is 5.92 Å². The van der Waals surface area contributed by atoms with E-state index in [-0.39, 0.29) is 29.9 Å². The first-order chi connectivity index (χ1) is 12.2. The molecule has 1 saturated carbocycles. The van der Waals surface area contributed by atoms with Crippen LogP contribution in [0.25, 0.3) is 0 Å². The monoisotopic (exact) mass is 479 g/mol. The van der Waals surface area contributed by atoms with E-state index in [4.69, 9.17) is 0 Å². The lowest BCUT2D eigenvalue weighted by atomic mass is 10.1. The Balaban J connectivity index is 0.00000338. The predicted octanol–water partition coefficient (Wildman–Crippen LogP) is 2.34. The van der Waals surface area contributed by atoms with Crippen LogP contribution in [0.1, 0.15) is 59.3 Å². The maximum absolute atomic E-state index is 11.8. The summed E-state index contributed by atoms with van der Waals surface area (Å²) in [6, 6.07) is 1.07. The van der Waals surface area contributed by atoms with Crippen molar-refractivity contribution >= 4 is 35.8 Å². The van der Waals surface area contributed by atoms with Crippen LogP contribution in [0.5, 0.6) is 0 Å². The molecular formula is C19H38IN5O. The molecule has 2 fully saturated rings. The fourth-order valence-corrected chi connectivity index (χ4v) is 3.53. The first-order valence-electron chi connectivity index (χ1n) is 10.2. The molecule has 1 heterocycles. The second kappa shape index (κ2) is 12.8. The van der Waals surface area contributed by atoms with Gasteiger partial charge in [-0.05, 0) is 44.9 Å². The van der Waals surface area contributed by atoms with Crippen LogP contribution >= 0.6 is 24.0 Å². The van der Waals surface area contributed by atoms with E-state index in [2.05, 4.69) is 46.6 Å². The number of halogens is 1. The van der Waals surface area contributed by atoms with E-state index >= 15 is 0 Å². The normalized spacial score (nSPS) is 23.9. The number of hydrogen-bond donors (Lipinski definition) is 3. The van der Waals surface area contributed by atoms with Crippen LogP contribution in [-0.2, 0) is 4.79 Å². The van der Waals surface area contributed by atoms with Crippen molar-refractivity contribution in [1.82, 2.24) is 20.9 Å². The number of amides is 1. The number of piperidine rings is 1. The van der Waals surface area contributed by atoms with Crippen LogP contribution in [0.3, 0.4) is 0 Å². The smallest absolute Gasteiger partial charge is 0.234 e. The quantitative estimate of drug-likeness (QED) is 0.270. The lowest BCUT2D eigenvalue weighted by molar-refractivity contribution is -0.122. The van der Waals surface area contributed by atoms with Crippen LogP contribution in [-0.4, -0.2) is 61.6 Å². The number of guanidine groups is 1. The van der Waals surface area contributed by atoms with Gasteiger partial charge in [-0.15, -0.1) is 24.0 Å². The molecule has 1 saturated heterocycles. The third-order valence-corrected chi connectivity index (χ3v) is 5.09. The molecule has 2 atom stereocenters. The van der Waals surface area contributed by atoms with Gasteiger partial charge in [-0.2, -0.15) is 0 Å². The number of nitrogens with zero attached hydrogens (tertiary/aromatic N) is 2. The highest BCUT2D eigenvalue weighted by Crippen LogP contribution is 2.34. The Morgan fingerprint density at radius 2 is 1.85 bits per heavy atom. The van der Waals surface area contributed by atoms with E-state index in [9.17, 15) is 4.79 Å². The highest BCUT2D eigenvalue weighted by atomic mass is 127. The van der Waals surface area contributed by atoms with Gasteiger partial charge in [-0.3, -0.25) is 14.7 Å². The number of nitrogens with one attached hydrogen (secondary N) is 3. The zero-order chi connectivity index (χ0) is 18.1. The molecule has 7 heteroatoms. The highest BCUT2D eigenvalue weighted by molar-refractivity contribution is 14.0. The fourth-order valence-electron chi connectivity index (χ4n) is 3.53. The summed E-state index contributed by atoms with van der Waals surface area (Å²) in [7, 11) is 0. The van der Waals surface area contributed by atoms with Gasteiger partial charge in [0.05, 0.1) is 6.54 Å². The summed E-state index contributed by atoms with van der Waals surface area (Å²) in [4.78, 5) is 18.7. The van der Waals surface area contributed by atoms with Crippen molar-refractivity contribution in [1.29, 1.82) is 0 Å². The summed E-state index contributed by atoms with van der Waals surface area (Å²) in [5, 5.41) is 10.2. The Hall–Kier alpha value is -0.570. The molecule has 2 rings (SSSR count).